The molecule has 110 valence electrons. The lowest BCUT2D eigenvalue weighted by molar-refractivity contribution is -0.137. The number of benzene rings is 1. The number of carboxylic acid groups (broad SMARTS) is 1. The van der Waals surface area contributed by atoms with Gasteiger partial charge in [0.1, 0.15) is 0 Å². The lowest BCUT2D eigenvalue weighted by Gasteiger charge is -2.25. The van der Waals surface area contributed by atoms with Crippen LogP contribution >= 0.6 is 0 Å². The van der Waals surface area contributed by atoms with E-state index in [1.807, 2.05) is 5.32 Å². The van der Waals surface area contributed by atoms with Crippen molar-refractivity contribution >= 4 is 23.2 Å². The van der Waals surface area contributed by atoms with E-state index in [-0.39, 0.29) is 23.1 Å². The Hall–Kier alpha value is -2.12. The summed E-state index contributed by atoms with van der Waals surface area (Å²) in [7, 11) is 1.56. The third kappa shape index (κ3) is 2.89. The van der Waals surface area contributed by atoms with Gasteiger partial charge in [0.25, 0.3) is 0 Å². The summed E-state index contributed by atoms with van der Waals surface area (Å²) < 4.78 is 39.1. The number of hydrogen-bond donors (Lipinski definition) is 3. The predicted molar refractivity (Wildman–Crippen MR) is 68.9 cm³/mol. The van der Waals surface area contributed by atoms with Crippen molar-refractivity contribution in [2.24, 2.45) is 0 Å². The predicted octanol–water partition coefficient (Wildman–Crippen LogP) is 2.98. The van der Waals surface area contributed by atoms with Crippen molar-refractivity contribution in [2.45, 2.75) is 25.1 Å². The van der Waals surface area contributed by atoms with Gasteiger partial charge in [-0.25, -0.2) is 4.79 Å². The molecule has 2 rings (SSSR count). The van der Waals surface area contributed by atoms with Crippen LogP contribution in [0.25, 0.3) is 0 Å². The maximum atomic E-state index is 13.0. The van der Waals surface area contributed by atoms with Crippen LogP contribution in [0.4, 0.5) is 35.0 Å². The van der Waals surface area contributed by atoms with Crippen molar-refractivity contribution in [2.75, 3.05) is 23.0 Å². The standard InChI is InChI=1S/C12H14F3N3O2/c1-18(6-2-3-6)10-5-9(17-11(19)20)8(16)4-7(10)12(13,14)15/h4-6,17H,2-3,16H2,1H3,(H,19,20). The van der Waals surface area contributed by atoms with E-state index in [1.165, 1.54) is 4.90 Å². The van der Waals surface area contributed by atoms with E-state index in [9.17, 15) is 18.0 Å². The largest absolute Gasteiger partial charge is 0.465 e. The molecule has 8 heteroatoms. The second-order valence-corrected chi connectivity index (χ2v) is 4.73. The number of nitrogen functional groups attached to an aromatic ring is 1. The first-order valence-corrected chi connectivity index (χ1v) is 5.93. The zero-order valence-corrected chi connectivity index (χ0v) is 10.7. The fourth-order valence-electron chi connectivity index (χ4n) is 2.01. The van der Waals surface area contributed by atoms with E-state index < -0.39 is 17.8 Å². The van der Waals surface area contributed by atoms with Gasteiger partial charge in [-0.2, -0.15) is 13.2 Å². The Morgan fingerprint density at radius 1 is 1.45 bits per heavy atom. The number of carbonyl (C=O) groups is 1. The topological polar surface area (TPSA) is 78.6 Å². The van der Waals surface area contributed by atoms with Crippen LogP contribution in [-0.4, -0.2) is 24.3 Å². The Bertz CT molecular complexity index is 541. The number of nitrogens with one attached hydrogen (secondary N) is 1. The van der Waals surface area contributed by atoms with Crippen LogP contribution in [-0.2, 0) is 6.18 Å². The zero-order valence-electron chi connectivity index (χ0n) is 10.7. The monoisotopic (exact) mass is 289 g/mol. The van der Waals surface area contributed by atoms with Gasteiger partial charge in [-0.05, 0) is 25.0 Å². The quantitative estimate of drug-likeness (QED) is 0.747. The van der Waals surface area contributed by atoms with Crippen LogP contribution in [0.1, 0.15) is 18.4 Å². The summed E-state index contributed by atoms with van der Waals surface area (Å²) in [6.45, 7) is 0. The molecule has 0 aromatic heterocycles. The van der Waals surface area contributed by atoms with Crippen molar-refractivity contribution < 1.29 is 23.1 Å². The molecule has 0 aliphatic heterocycles. The smallest absolute Gasteiger partial charge is 0.418 e. The highest BCUT2D eigenvalue weighted by Gasteiger charge is 2.38. The molecule has 1 aliphatic rings. The Balaban J connectivity index is 2.50. The highest BCUT2D eigenvalue weighted by atomic mass is 19.4. The number of rotatable bonds is 3. The molecular weight excluding hydrogens is 275 g/mol. The molecule has 1 amide bonds. The maximum Gasteiger partial charge on any atom is 0.418 e. The van der Waals surface area contributed by atoms with Crippen LogP contribution in [0.2, 0.25) is 0 Å². The van der Waals surface area contributed by atoms with Gasteiger partial charge in [0.2, 0.25) is 0 Å². The summed E-state index contributed by atoms with van der Waals surface area (Å²) in [6, 6.07) is 1.95. The van der Waals surface area contributed by atoms with Gasteiger partial charge in [0, 0.05) is 13.1 Å². The number of halogens is 3. The minimum Gasteiger partial charge on any atom is -0.465 e. The first-order valence-electron chi connectivity index (χ1n) is 5.93. The Morgan fingerprint density at radius 3 is 2.50 bits per heavy atom. The molecule has 0 spiro atoms. The molecular formula is C12H14F3N3O2. The van der Waals surface area contributed by atoms with E-state index in [2.05, 4.69) is 0 Å². The van der Waals surface area contributed by atoms with Crippen molar-refractivity contribution in [3.63, 3.8) is 0 Å². The molecule has 0 radical (unpaired) electrons. The van der Waals surface area contributed by atoms with Crippen LogP contribution in [0, 0.1) is 0 Å². The van der Waals surface area contributed by atoms with Crippen molar-refractivity contribution in [1.29, 1.82) is 0 Å². The van der Waals surface area contributed by atoms with Gasteiger partial charge in [-0.3, -0.25) is 5.32 Å². The third-order valence-corrected chi connectivity index (χ3v) is 3.19. The van der Waals surface area contributed by atoms with Gasteiger partial charge in [-0.1, -0.05) is 0 Å². The van der Waals surface area contributed by atoms with Crippen LogP contribution in [0.15, 0.2) is 12.1 Å². The SMILES string of the molecule is CN(c1cc(NC(=O)O)c(N)cc1C(F)(F)F)C1CC1. The first-order chi connectivity index (χ1) is 9.20. The fourth-order valence-corrected chi connectivity index (χ4v) is 2.01. The number of alkyl halides is 3. The lowest BCUT2D eigenvalue weighted by Crippen LogP contribution is -2.24. The fraction of sp³-hybridized carbons (Fsp3) is 0.417. The molecule has 0 saturated heterocycles. The van der Waals surface area contributed by atoms with Gasteiger partial charge < -0.3 is 15.7 Å². The molecule has 1 aromatic carbocycles. The molecule has 1 fully saturated rings. The highest BCUT2D eigenvalue weighted by Crippen LogP contribution is 2.43. The average Bonchev–Trinajstić information content (AvgIpc) is 3.12. The van der Waals surface area contributed by atoms with Gasteiger partial charge in [0.15, 0.2) is 0 Å². The minimum absolute atomic E-state index is 0.0481. The van der Waals surface area contributed by atoms with Gasteiger partial charge >= 0.3 is 12.3 Å². The summed E-state index contributed by atoms with van der Waals surface area (Å²) in [5.41, 5.74) is 4.25. The van der Waals surface area contributed by atoms with Crippen molar-refractivity contribution in [3.05, 3.63) is 17.7 Å². The summed E-state index contributed by atoms with van der Waals surface area (Å²) in [5.74, 6) is 0. The molecule has 1 aliphatic carbocycles. The molecule has 4 N–H and O–H groups in total. The molecule has 20 heavy (non-hydrogen) atoms. The van der Waals surface area contributed by atoms with Gasteiger partial charge in [-0.15, -0.1) is 0 Å². The van der Waals surface area contributed by atoms with Crippen molar-refractivity contribution in [3.8, 4) is 0 Å². The average molecular weight is 289 g/mol. The summed E-state index contributed by atoms with van der Waals surface area (Å²) in [6.07, 6.45) is -4.29. The Labute approximate surface area is 113 Å². The van der Waals surface area contributed by atoms with Crippen LogP contribution in [0.3, 0.4) is 0 Å². The molecule has 0 bridgehead atoms. The molecule has 0 heterocycles. The number of nitrogens with two attached hydrogens (primary N) is 1. The number of amides is 1. The molecule has 0 atom stereocenters. The van der Waals surface area contributed by atoms with E-state index in [0.29, 0.717) is 0 Å². The minimum atomic E-state index is -4.55. The van der Waals surface area contributed by atoms with E-state index in [0.717, 1.165) is 25.0 Å². The summed E-state index contributed by atoms with van der Waals surface area (Å²) in [5, 5.41) is 10.7. The summed E-state index contributed by atoms with van der Waals surface area (Å²) >= 11 is 0. The van der Waals surface area contributed by atoms with E-state index in [4.69, 9.17) is 10.8 Å². The molecule has 5 nitrogen and oxygen atoms in total. The Kier molecular flexibility index (Phi) is 3.41. The number of hydrogen-bond acceptors (Lipinski definition) is 3. The molecule has 0 unspecified atom stereocenters. The van der Waals surface area contributed by atoms with E-state index in [1.54, 1.807) is 7.05 Å². The highest BCUT2D eigenvalue weighted by molar-refractivity contribution is 5.89. The first kappa shape index (κ1) is 14.3. The van der Waals surface area contributed by atoms with Crippen LogP contribution in [0.5, 0.6) is 0 Å². The third-order valence-electron chi connectivity index (χ3n) is 3.19. The molecule has 1 aromatic rings. The van der Waals surface area contributed by atoms with Gasteiger partial charge in [0.05, 0.1) is 22.6 Å². The second-order valence-electron chi connectivity index (χ2n) is 4.73. The second kappa shape index (κ2) is 4.77. The van der Waals surface area contributed by atoms with Crippen LogP contribution < -0.4 is 16.0 Å². The zero-order chi connectivity index (χ0) is 15.1. The molecule has 1 saturated carbocycles. The summed E-state index contributed by atoms with van der Waals surface area (Å²) in [4.78, 5) is 12.1. The number of nitrogens with zero attached hydrogens (tertiary/aromatic N) is 1. The lowest BCUT2D eigenvalue weighted by atomic mass is 10.1. The number of anilines is 3. The van der Waals surface area contributed by atoms with E-state index >= 15 is 0 Å². The van der Waals surface area contributed by atoms with Crippen molar-refractivity contribution in [1.82, 2.24) is 0 Å². The maximum absolute atomic E-state index is 13.0. The Morgan fingerprint density at radius 2 is 2.05 bits per heavy atom. The normalized spacial score (nSPS) is 15.0.